The Morgan fingerprint density at radius 1 is 0.282 bits per heavy atom. The first-order valence-electron chi connectivity index (χ1n) is 22.1. The maximum absolute atomic E-state index is 15.3. The maximum Gasteiger partial charge on any atom is 0.390 e. The average Bonchev–Trinajstić information content (AvgIpc) is 4.01. The van der Waals surface area contributed by atoms with Crippen LogP contribution in [-0.2, 0) is 10.8 Å². The molecule has 362 valence electrons. The number of halogens is 12. The second-order valence-corrected chi connectivity index (χ2v) is 17.7. The highest BCUT2D eigenvalue weighted by molar-refractivity contribution is 6.10. The van der Waals surface area contributed by atoms with Crippen LogP contribution in [0.3, 0.4) is 0 Å². The number of hydrogen-bond acceptors (Lipinski definition) is 2. The molecule has 0 radical (unpaired) electrons. The second kappa shape index (κ2) is 17.1. The summed E-state index contributed by atoms with van der Waals surface area (Å²) >= 11 is 0. The largest absolute Gasteiger partial charge is 0.390 e. The van der Waals surface area contributed by atoms with Crippen molar-refractivity contribution in [1.29, 1.82) is 0 Å². The van der Waals surface area contributed by atoms with Crippen molar-refractivity contribution in [2.24, 2.45) is 0 Å². The number of aromatic nitrogens is 5. The number of hydrogen-bond donors (Lipinski definition) is 0. The van der Waals surface area contributed by atoms with Gasteiger partial charge in [0.05, 0.1) is 58.6 Å². The topological polar surface area (TPSA) is 40.6 Å². The third-order valence-electron chi connectivity index (χ3n) is 13.1. The molecule has 0 N–H and O–H groups in total. The van der Waals surface area contributed by atoms with Gasteiger partial charge in [0.2, 0.25) is 0 Å². The number of nitrogens with zero attached hydrogens (tertiary/aromatic N) is 5. The van der Waals surface area contributed by atoms with E-state index in [1.54, 1.807) is 57.7 Å². The summed E-state index contributed by atoms with van der Waals surface area (Å²) in [4.78, 5) is 0. The molecule has 0 saturated carbocycles. The van der Waals surface area contributed by atoms with Gasteiger partial charge >= 0.3 is 24.7 Å². The van der Waals surface area contributed by atoms with E-state index in [-0.39, 0.29) is 5.69 Å². The van der Waals surface area contributed by atoms with Crippen LogP contribution in [0.1, 0.15) is 48.5 Å². The predicted octanol–water partition coefficient (Wildman–Crippen LogP) is 15.8. The van der Waals surface area contributed by atoms with Gasteiger partial charge in [-0.15, -0.1) is 10.2 Å². The molecule has 3 aromatic heterocycles. The highest BCUT2D eigenvalue weighted by atomic mass is 19.4. The molecule has 0 spiro atoms. The number of alkyl halides is 12. The summed E-state index contributed by atoms with van der Waals surface area (Å²) in [6.45, 7) is 0. The van der Waals surface area contributed by atoms with Gasteiger partial charge in [-0.05, 0) is 71.8 Å². The first-order chi connectivity index (χ1) is 33.6. The zero-order valence-corrected chi connectivity index (χ0v) is 36.8. The van der Waals surface area contributed by atoms with Gasteiger partial charge in [-0.3, -0.25) is 4.57 Å². The molecule has 0 aliphatic carbocycles. The van der Waals surface area contributed by atoms with E-state index in [2.05, 4.69) is 10.2 Å². The third-order valence-corrected chi connectivity index (χ3v) is 13.1. The van der Waals surface area contributed by atoms with Crippen molar-refractivity contribution in [2.75, 3.05) is 0 Å². The molecule has 0 amide bonds. The Balaban J connectivity index is 1.23. The average molecular weight is 984 g/mol. The van der Waals surface area contributed by atoms with E-state index in [1.807, 2.05) is 48.5 Å². The molecule has 17 heteroatoms. The zero-order valence-electron chi connectivity index (χ0n) is 36.8. The number of rotatable bonds is 11. The van der Waals surface area contributed by atoms with Gasteiger partial charge in [-0.25, -0.2) is 0 Å². The molecule has 3 heterocycles. The number of para-hydroxylation sites is 5. The highest BCUT2D eigenvalue weighted by Crippen LogP contribution is 2.53. The van der Waals surface area contributed by atoms with Crippen molar-refractivity contribution in [3.63, 3.8) is 0 Å². The minimum Gasteiger partial charge on any atom is -0.309 e. The van der Waals surface area contributed by atoms with Gasteiger partial charge in [0.15, 0.2) is 0 Å². The summed E-state index contributed by atoms with van der Waals surface area (Å²) in [7, 11) is 0. The fourth-order valence-corrected chi connectivity index (χ4v) is 10.5. The Morgan fingerprint density at radius 2 is 0.535 bits per heavy atom. The minimum absolute atomic E-state index is 0.336. The Bertz CT molecular complexity index is 3190. The number of benzene rings is 7. The molecule has 71 heavy (non-hydrogen) atoms. The van der Waals surface area contributed by atoms with E-state index in [9.17, 15) is 0 Å². The van der Waals surface area contributed by atoms with Crippen molar-refractivity contribution < 1.29 is 52.7 Å². The molecule has 7 aromatic carbocycles. The maximum atomic E-state index is 15.3. The van der Waals surface area contributed by atoms with Crippen LogP contribution in [-0.4, -0.2) is 48.6 Å². The predicted molar refractivity (Wildman–Crippen MR) is 247 cm³/mol. The van der Waals surface area contributed by atoms with Crippen molar-refractivity contribution in [3.8, 4) is 17.1 Å². The lowest BCUT2D eigenvalue weighted by atomic mass is 9.71. The van der Waals surface area contributed by atoms with Crippen LogP contribution in [0.2, 0.25) is 0 Å². The van der Waals surface area contributed by atoms with Gasteiger partial charge in [0, 0.05) is 38.6 Å². The zero-order chi connectivity index (χ0) is 50.1. The van der Waals surface area contributed by atoms with Crippen LogP contribution < -0.4 is 0 Å². The molecule has 0 aliphatic rings. The third kappa shape index (κ3) is 8.75. The van der Waals surface area contributed by atoms with E-state index in [4.69, 9.17) is 0 Å². The molecular weight excluding hydrogens is 947 g/mol. The summed E-state index contributed by atoms with van der Waals surface area (Å²) in [5.41, 5.74) is -4.98. The van der Waals surface area contributed by atoms with E-state index < -0.39 is 84.0 Å². The smallest absolute Gasteiger partial charge is 0.309 e. The Labute approximate surface area is 396 Å². The van der Waals surface area contributed by atoms with Crippen molar-refractivity contribution in [1.82, 2.24) is 23.9 Å². The summed E-state index contributed by atoms with van der Waals surface area (Å²) in [6.07, 6.45) is -30.9. The fraction of sp³-hybridized carbons (Fsp3) is 0.185. The lowest BCUT2D eigenvalue weighted by Crippen LogP contribution is -2.43. The first kappa shape index (κ1) is 47.1. The molecule has 0 saturated heterocycles. The van der Waals surface area contributed by atoms with Crippen molar-refractivity contribution >= 4 is 43.6 Å². The Morgan fingerprint density at radius 3 is 0.817 bits per heavy atom. The molecule has 10 rings (SSSR count). The van der Waals surface area contributed by atoms with Gasteiger partial charge in [-0.2, -0.15) is 52.7 Å². The molecule has 0 unspecified atom stereocenters. The van der Waals surface area contributed by atoms with Gasteiger partial charge < -0.3 is 9.13 Å². The van der Waals surface area contributed by atoms with Crippen LogP contribution in [0, 0.1) is 0 Å². The van der Waals surface area contributed by atoms with Gasteiger partial charge in [0.1, 0.15) is 11.6 Å². The van der Waals surface area contributed by atoms with Gasteiger partial charge in [0.25, 0.3) is 0 Å². The molecule has 0 aliphatic heterocycles. The Hall–Kier alpha value is -7.56. The van der Waals surface area contributed by atoms with E-state index in [0.29, 0.717) is 38.0 Å². The molecule has 0 atom stereocenters. The van der Waals surface area contributed by atoms with Crippen LogP contribution >= 0.6 is 0 Å². The van der Waals surface area contributed by atoms with Gasteiger partial charge in [-0.1, -0.05) is 115 Å². The lowest BCUT2D eigenvalue weighted by Gasteiger charge is -2.38. The molecule has 0 fully saturated rings. The molecule has 10 aromatic rings. The summed E-state index contributed by atoms with van der Waals surface area (Å²) in [5, 5.41) is 11.1. The SMILES string of the molecule is FC(F)(F)CC(CC(F)(F)F)(c1ccc(-n2c3ccccc3c3ccccc32)cc1)c1nnc(C(CC(F)(F)F)(CC(F)(F)F)c2ccc(-n3c4ccccc4c4ccccc43)cc2)n1-c1ccccc1. The quantitative estimate of drug-likeness (QED) is 0.121. The van der Waals surface area contributed by atoms with E-state index in [1.165, 1.54) is 42.5 Å². The molecule has 0 bridgehead atoms. The van der Waals surface area contributed by atoms with Crippen LogP contribution in [0.15, 0.2) is 176 Å². The van der Waals surface area contributed by atoms with Crippen LogP contribution in [0.25, 0.3) is 60.7 Å². The molecule has 5 nitrogen and oxygen atoms in total. The van der Waals surface area contributed by atoms with Crippen LogP contribution in [0.5, 0.6) is 0 Å². The standard InChI is InChI=1S/C54H37F12N5/c55-51(56,57)30-49(31-52(58,59)60,34-22-26-37(27-23-34)69-43-18-8-4-14-39(43)40-15-5-9-19-44(40)69)47-67-68-48(71(47)36-12-2-1-3-13-36)50(32-53(61,62)63,33-54(64,65)66)35-24-28-38(29-25-35)70-45-20-10-6-16-41(45)42-17-7-11-21-46(42)70/h1-29H,30-33H2. The summed E-state index contributed by atoms with van der Waals surface area (Å²) < 4.78 is 187. The van der Waals surface area contributed by atoms with Crippen LogP contribution in [0.4, 0.5) is 52.7 Å². The van der Waals surface area contributed by atoms with E-state index >= 15 is 52.7 Å². The second-order valence-electron chi connectivity index (χ2n) is 17.7. The molecular formula is C54H37F12N5. The Kier molecular flexibility index (Phi) is 11.3. The monoisotopic (exact) mass is 983 g/mol. The fourth-order valence-electron chi connectivity index (χ4n) is 10.5. The lowest BCUT2D eigenvalue weighted by molar-refractivity contribution is -0.176. The first-order valence-corrected chi connectivity index (χ1v) is 22.1. The minimum atomic E-state index is -5.43. The van der Waals surface area contributed by atoms with E-state index in [0.717, 1.165) is 57.9 Å². The van der Waals surface area contributed by atoms with Crippen molar-refractivity contribution in [2.45, 2.75) is 61.2 Å². The summed E-state index contributed by atoms with van der Waals surface area (Å²) in [6, 6.07) is 44.6. The highest BCUT2D eigenvalue weighted by Gasteiger charge is 2.58. The summed E-state index contributed by atoms with van der Waals surface area (Å²) in [5.74, 6) is -2.35. The van der Waals surface area contributed by atoms with Crippen molar-refractivity contribution in [3.05, 3.63) is 199 Å². The normalized spacial score (nSPS) is 13.3. The number of fused-ring (bicyclic) bond motifs is 6.